The van der Waals surface area contributed by atoms with Crippen molar-refractivity contribution in [3.05, 3.63) is 0 Å². The zero-order chi connectivity index (χ0) is 4.83. The Morgan fingerprint density at radius 1 is 1.67 bits per heavy atom. The zero-order valence-corrected chi connectivity index (χ0v) is 3.18. The Kier molecular flexibility index (Phi) is 3.86. The molecule has 0 bridgehead atoms. The molecule has 0 rings (SSSR count). The fraction of sp³-hybridized carbons (Fsp3) is 0.667. The van der Waals surface area contributed by atoms with Gasteiger partial charge in [0.15, 0.2) is 0 Å². The molecular weight excluding hydrogens is 82.0 g/mol. The van der Waals surface area contributed by atoms with E-state index in [0.717, 1.165) is 0 Å². The predicted molar refractivity (Wildman–Crippen MR) is 18.5 cm³/mol. The highest BCUT2D eigenvalue weighted by Crippen LogP contribution is 1.58. The number of rotatable bonds is 2. The Morgan fingerprint density at radius 3 is 2.50 bits per heavy atom. The van der Waals surface area contributed by atoms with E-state index in [4.69, 9.17) is 4.79 Å². The SMILES string of the molecule is [O]CCN=C=O. The van der Waals surface area contributed by atoms with Crippen LogP contribution in [-0.4, -0.2) is 19.2 Å². The van der Waals surface area contributed by atoms with Crippen molar-refractivity contribution in [1.82, 2.24) is 0 Å². The molecule has 0 aromatic rings. The normalized spacial score (nSPS) is 6.83. The van der Waals surface area contributed by atoms with Crippen LogP contribution in [0.15, 0.2) is 4.99 Å². The van der Waals surface area contributed by atoms with E-state index in [9.17, 15) is 5.11 Å². The smallest absolute Gasteiger partial charge is 0.235 e. The summed E-state index contributed by atoms with van der Waals surface area (Å²) in [6.07, 6.45) is 1.24. The molecule has 0 aliphatic carbocycles. The molecule has 0 spiro atoms. The molecule has 33 valence electrons. The summed E-state index contributed by atoms with van der Waals surface area (Å²) in [5.41, 5.74) is 0. The topological polar surface area (TPSA) is 49.3 Å². The van der Waals surface area contributed by atoms with Crippen molar-refractivity contribution >= 4 is 6.08 Å². The Hall–Kier alpha value is -0.660. The van der Waals surface area contributed by atoms with Crippen LogP contribution in [0, 0.1) is 0 Å². The molecular formula is C3H4NO2. The summed E-state index contributed by atoms with van der Waals surface area (Å²) in [5, 5.41) is 9.42. The maximum absolute atomic E-state index is 9.42. The average molecular weight is 86.1 g/mol. The minimum atomic E-state index is -0.324. The zero-order valence-electron chi connectivity index (χ0n) is 3.18. The molecule has 1 radical (unpaired) electrons. The third kappa shape index (κ3) is 3.34. The summed E-state index contributed by atoms with van der Waals surface area (Å²) in [5.74, 6) is 0. The Labute approximate surface area is 35.3 Å². The third-order valence-corrected chi connectivity index (χ3v) is 0.268. The van der Waals surface area contributed by atoms with Crippen LogP contribution in [0.1, 0.15) is 0 Å². The van der Waals surface area contributed by atoms with Crippen LogP contribution >= 0.6 is 0 Å². The first-order valence-electron chi connectivity index (χ1n) is 1.53. The second-order valence-corrected chi connectivity index (χ2v) is 0.677. The molecule has 0 unspecified atom stereocenters. The lowest BCUT2D eigenvalue weighted by Crippen LogP contribution is -1.81. The van der Waals surface area contributed by atoms with Gasteiger partial charge in [0.2, 0.25) is 6.08 Å². The van der Waals surface area contributed by atoms with Gasteiger partial charge in [-0.3, -0.25) is 0 Å². The molecule has 0 heterocycles. The van der Waals surface area contributed by atoms with Gasteiger partial charge < -0.3 is 0 Å². The first kappa shape index (κ1) is 5.34. The monoisotopic (exact) mass is 86.0 g/mol. The van der Waals surface area contributed by atoms with E-state index in [1.807, 2.05) is 0 Å². The van der Waals surface area contributed by atoms with Gasteiger partial charge in [-0.2, -0.15) is 0 Å². The van der Waals surface area contributed by atoms with Gasteiger partial charge in [0.05, 0.1) is 6.54 Å². The summed E-state index contributed by atoms with van der Waals surface area (Å²) >= 11 is 0. The van der Waals surface area contributed by atoms with Crippen LogP contribution in [0.3, 0.4) is 0 Å². The average Bonchev–Trinajstić information content (AvgIpc) is 1.61. The van der Waals surface area contributed by atoms with E-state index in [0.29, 0.717) is 0 Å². The van der Waals surface area contributed by atoms with E-state index >= 15 is 0 Å². The summed E-state index contributed by atoms with van der Waals surface area (Å²) < 4.78 is 0. The second-order valence-electron chi connectivity index (χ2n) is 0.677. The fourth-order valence-corrected chi connectivity index (χ4v) is 0.0913. The van der Waals surface area contributed by atoms with E-state index in [1.54, 1.807) is 0 Å². The van der Waals surface area contributed by atoms with E-state index in [-0.39, 0.29) is 13.2 Å². The van der Waals surface area contributed by atoms with Gasteiger partial charge in [-0.05, 0) is 0 Å². The molecule has 3 heteroatoms. The van der Waals surface area contributed by atoms with Gasteiger partial charge in [-0.15, -0.1) is 0 Å². The van der Waals surface area contributed by atoms with Gasteiger partial charge in [0.1, 0.15) is 6.61 Å². The minimum Gasteiger partial charge on any atom is -0.235 e. The van der Waals surface area contributed by atoms with Crippen LogP contribution in [0.5, 0.6) is 0 Å². The molecule has 0 saturated heterocycles. The third-order valence-electron chi connectivity index (χ3n) is 0.268. The summed E-state index contributed by atoms with van der Waals surface area (Å²) in [7, 11) is 0. The van der Waals surface area contributed by atoms with Crippen molar-refractivity contribution in [3.8, 4) is 0 Å². The summed E-state index contributed by atoms with van der Waals surface area (Å²) in [6.45, 7) is -0.265. The fourth-order valence-electron chi connectivity index (χ4n) is 0.0913. The number of carbonyl (C=O) groups excluding carboxylic acids is 1. The van der Waals surface area contributed by atoms with E-state index in [2.05, 4.69) is 4.99 Å². The molecule has 6 heavy (non-hydrogen) atoms. The lowest BCUT2D eigenvalue weighted by atomic mass is 10.7. The molecule has 0 aliphatic rings. The highest BCUT2D eigenvalue weighted by molar-refractivity contribution is 5.32. The van der Waals surface area contributed by atoms with Crippen LogP contribution in [-0.2, 0) is 9.90 Å². The molecule has 0 saturated carbocycles. The molecule has 3 nitrogen and oxygen atoms in total. The summed E-state index contributed by atoms with van der Waals surface area (Å²) in [4.78, 5) is 12.1. The number of hydrogen-bond donors (Lipinski definition) is 0. The highest BCUT2D eigenvalue weighted by atomic mass is 16.3. The van der Waals surface area contributed by atoms with Gasteiger partial charge in [0.25, 0.3) is 0 Å². The Balaban J connectivity index is 2.86. The molecule has 0 aromatic carbocycles. The van der Waals surface area contributed by atoms with Gasteiger partial charge in [0, 0.05) is 0 Å². The highest BCUT2D eigenvalue weighted by Gasteiger charge is 1.69. The van der Waals surface area contributed by atoms with Crippen molar-refractivity contribution in [2.75, 3.05) is 13.2 Å². The Bertz CT molecular complexity index is 65.2. The molecule has 0 amide bonds. The molecule has 0 aromatic heterocycles. The van der Waals surface area contributed by atoms with Crippen molar-refractivity contribution in [1.29, 1.82) is 0 Å². The van der Waals surface area contributed by atoms with E-state index in [1.165, 1.54) is 6.08 Å². The molecule has 0 atom stereocenters. The van der Waals surface area contributed by atoms with Gasteiger partial charge in [-0.1, -0.05) is 0 Å². The number of aliphatic imine (C=N–C) groups is 1. The van der Waals surface area contributed by atoms with Crippen molar-refractivity contribution in [2.24, 2.45) is 4.99 Å². The van der Waals surface area contributed by atoms with Crippen molar-refractivity contribution in [3.63, 3.8) is 0 Å². The standard InChI is InChI=1S/C3H4NO2/c5-2-1-4-3-6/h1-2H2. The van der Waals surface area contributed by atoms with E-state index < -0.39 is 0 Å². The number of nitrogens with zero attached hydrogens (tertiary/aromatic N) is 1. The summed E-state index contributed by atoms with van der Waals surface area (Å²) in [6, 6.07) is 0. The van der Waals surface area contributed by atoms with Crippen LogP contribution < -0.4 is 0 Å². The molecule has 0 aliphatic heterocycles. The quantitative estimate of drug-likeness (QED) is 0.337. The van der Waals surface area contributed by atoms with Crippen LogP contribution in [0.2, 0.25) is 0 Å². The molecule has 0 N–H and O–H groups in total. The first-order chi connectivity index (χ1) is 2.91. The maximum atomic E-state index is 9.42. The second kappa shape index (κ2) is 4.34. The first-order valence-corrected chi connectivity index (χ1v) is 1.53. The lowest BCUT2D eigenvalue weighted by Gasteiger charge is -1.69. The maximum Gasteiger partial charge on any atom is 0.235 e. The van der Waals surface area contributed by atoms with Crippen LogP contribution in [0.4, 0.5) is 0 Å². The minimum absolute atomic E-state index is 0.0590. The van der Waals surface area contributed by atoms with Crippen molar-refractivity contribution < 1.29 is 9.90 Å². The van der Waals surface area contributed by atoms with Crippen molar-refractivity contribution in [2.45, 2.75) is 0 Å². The largest absolute Gasteiger partial charge is 0.235 e. The lowest BCUT2D eigenvalue weighted by molar-refractivity contribution is 0.203. The number of hydrogen-bond acceptors (Lipinski definition) is 2. The van der Waals surface area contributed by atoms with Gasteiger partial charge >= 0.3 is 0 Å². The van der Waals surface area contributed by atoms with Crippen LogP contribution in [0.25, 0.3) is 0 Å². The van der Waals surface area contributed by atoms with Gasteiger partial charge in [-0.25, -0.2) is 14.9 Å². The Morgan fingerprint density at radius 2 is 2.33 bits per heavy atom. The predicted octanol–water partition coefficient (Wildman–Crippen LogP) is -0.247. The molecule has 0 fully saturated rings. The number of isocyanates is 1.